The number of nitrogens with zero attached hydrogens (tertiary/aromatic N) is 2. The van der Waals surface area contributed by atoms with E-state index in [1.807, 2.05) is 11.8 Å². The Morgan fingerprint density at radius 3 is 2.68 bits per heavy atom. The van der Waals surface area contributed by atoms with Gasteiger partial charge in [0.25, 0.3) is 0 Å². The first-order valence-corrected chi connectivity index (χ1v) is 7.20. The molecule has 1 heterocycles. The van der Waals surface area contributed by atoms with Crippen LogP contribution in [0.25, 0.3) is 0 Å². The molecule has 1 unspecified atom stereocenters. The van der Waals surface area contributed by atoms with Crippen LogP contribution in [0.2, 0.25) is 0 Å². The van der Waals surface area contributed by atoms with Gasteiger partial charge in [-0.3, -0.25) is 9.79 Å². The average Bonchev–Trinajstić information content (AvgIpc) is 2.36. The molecule has 0 aromatic heterocycles. The van der Waals surface area contributed by atoms with Crippen molar-refractivity contribution in [1.29, 1.82) is 0 Å². The lowest BCUT2D eigenvalue weighted by Crippen LogP contribution is -2.47. The Bertz CT molecular complexity index is 377. The van der Waals surface area contributed by atoms with Crippen LogP contribution in [0.5, 0.6) is 0 Å². The highest BCUT2D eigenvalue weighted by Crippen LogP contribution is 2.21. The average molecular weight is 436 g/mol. The Morgan fingerprint density at radius 2 is 2.14 bits per heavy atom. The highest BCUT2D eigenvalue weighted by Gasteiger charge is 2.27. The molecule has 1 fully saturated rings. The van der Waals surface area contributed by atoms with Crippen LogP contribution in [-0.4, -0.2) is 49.1 Å². The molecule has 9 heteroatoms. The summed E-state index contributed by atoms with van der Waals surface area (Å²) in [5, 5.41) is 3.00. The van der Waals surface area contributed by atoms with Crippen LogP contribution in [0.4, 0.5) is 13.2 Å². The molecule has 5 nitrogen and oxygen atoms in total. The smallest absolute Gasteiger partial charge is 0.370 e. The summed E-state index contributed by atoms with van der Waals surface area (Å²) in [6, 6.07) is 0. The van der Waals surface area contributed by atoms with Crippen LogP contribution in [-0.2, 0) is 4.79 Å². The summed E-state index contributed by atoms with van der Waals surface area (Å²) in [6.07, 6.45) is -3.04. The lowest BCUT2D eigenvalue weighted by atomic mass is 9.95. The molecular weight excluding hydrogens is 412 g/mol. The first kappa shape index (κ1) is 21.3. The SMILES string of the molecule is CCNC(=NCCC(F)(F)F)N1CCCC(CC(N)=O)C1.I. The second-order valence-corrected chi connectivity index (χ2v) is 5.23. The maximum absolute atomic E-state index is 12.2. The number of halogens is 4. The zero-order valence-corrected chi connectivity index (χ0v) is 15.0. The molecule has 0 bridgehead atoms. The van der Waals surface area contributed by atoms with E-state index in [4.69, 9.17) is 5.73 Å². The van der Waals surface area contributed by atoms with E-state index in [-0.39, 0.29) is 42.3 Å². The van der Waals surface area contributed by atoms with Crippen LogP contribution in [0, 0.1) is 5.92 Å². The minimum absolute atomic E-state index is 0. The van der Waals surface area contributed by atoms with Gasteiger partial charge in [0.1, 0.15) is 0 Å². The van der Waals surface area contributed by atoms with Gasteiger partial charge in [-0.05, 0) is 25.7 Å². The molecule has 1 amide bonds. The molecule has 0 radical (unpaired) electrons. The molecule has 0 aliphatic carbocycles. The Labute approximate surface area is 145 Å². The maximum Gasteiger partial charge on any atom is 0.390 e. The normalized spacial score (nSPS) is 19.5. The summed E-state index contributed by atoms with van der Waals surface area (Å²) in [5.74, 6) is 0.277. The lowest BCUT2D eigenvalue weighted by molar-refractivity contribution is -0.132. The standard InChI is InChI=1S/C13H23F3N4O.HI/c1-2-18-12(19-6-5-13(14,15)16)20-7-3-4-10(9-20)8-11(17)21;/h10H,2-9H2,1H3,(H2,17,21)(H,18,19);1H. The van der Waals surface area contributed by atoms with Crippen molar-refractivity contribution in [2.24, 2.45) is 16.6 Å². The van der Waals surface area contributed by atoms with Gasteiger partial charge in [-0.15, -0.1) is 24.0 Å². The zero-order chi connectivity index (χ0) is 15.9. The topological polar surface area (TPSA) is 70.7 Å². The summed E-state index contributed by atoms with van der Waals surface area (Å²) in [5.41, 5.74) is 5.20. The monoisotopic (exact) mass is 436 g/mol. The van der Waals surface area contributed by atoms with Crippen molar-refractivity contribution in [1.82, 2.24) is 10.2 Å². The van der Waals surface area contributed by atoms with Gasteiger partial charge in [0.15, 0.2) is 5.96 Å². The Hall–Kier alpha value is -0.740. The van der Waals surface area contributed by atoms with Crippen LogP contribution in [0.3, 0.4) is 0 Å². The summed E-state index contributed by atoms with van der Waals surface area (Å²) >= 11 is 0. The minimum Gasteiger partial charge on any atom is -0.370 e. The van der Waals surface area contributed by atoms with Crippen molar-refractivity contribution in [3.8, 4) is 0 Å². The number of piperidine rings is 1. The van der Waals surface area contributed by atoms with Crippen molar-refractivity contribution in [3.05, 3.63) is 0 Å². The molecule has 0 spiro atoms. The first-order valence-electron chi connectivity index (χ1n) is 7.20. The Kier molecular flexibility index (Phi) is 9.77. The number of nitrogens with one attached hydrogen (secondary N) is 1. The van der Waals surface area contributed by atoms with Crippen LogP contribution >= 0.6 is 24.0 Å². The van der Waals surface area contributed by atoms with Gasteiger partial charge < -0.3 is 16.0 Å². The third-order valence-corrected chi connectivity index (χ3v) is 3.30. The largest absolute Gasteiger partial charge is 0.390 e. The number of alkyl halides is 3. The number of likely N-dealkylation sites (tertiary alicyclic amines) is 1. The van der Waals surface area contributed by atoms with Crippen molar-refractivity contribution in [2.75, 3.05) is 26.2 Å². The van der Waals surface area contributed by atoms with Gasteiger partial charge in [0.05, 0.1) is 13.0 Å². The van der Waals surface area contributed by atoms with E-state index in [0.29, 0.717) is 25.5 Å². The van der Waals surface area contributed by atoms with Crippen molar-refractivity contribution in [3.63, 3.8) is 0 Å². The number of hydrogen-bond donors (Lipinski definition) is 2. The number of carbonyl (C=O) groups excluding carboxylic acids is 1. The van der Waals surface area contributed by atoms with Crippen LogP contribution in [0.15, 0.2) is 4.99 Å². The van der Waals surface area contributed by atoms with Gasteiger partial charge in [-0.2, -0.15) is 13.2 Å². The fraction of sp³-hybridized carbons (Fsp3) is 0.846. The third-order valence-electron chi connectivity index (χ3n) is 3.30. The van der Waals surface area contributed by atoms with E-state index in [0.717, 1.165) is 19.4 Å². The summed E-state index contributed by atoms with van der Waals surface area (Å²) < 4.78 is 36.6. The molecule has 1 aliphatic rings. The molecule has 1 saturated heterocycles. The maximum atomic E-state index is 12.2. The van der Waals surface area contributed by atoms with Crippen LogP contribution < -0.4 is 11.1 Å². The molecule has 1 aliphatic heterocycles. The quantitative estimate of drug-likeness (QED) is 0.394. The summed E-state index contributed by atoms with van der Waals surface area (Å²) in [6.45, 7) is 3.49. The lowest BCUT2D eigenvalue weighted by Gasteiger charge is -2.34. The fourth-order valence-corrected chi connectivity index (χ4v) is 2.42. The predicted molar refractivity (Wildman–Crippen MR) is 90.2 cm³/mol. The predicted octanol–water partition coefficient (Wildman–Crippen LogP) is 2.11. The Morgan fingerprint density at radius 1 is 1.45 bits per heavy atom. The number of aliphatic imine (C=N–C) groups is 1. The number of primary amides is 1. The minimum atomic E-state index is -4.20. The number of nitrogens with two attached hydrogens (primary N) is 1. The molecule has 130 valence electrons. The summed E-state index contributed by atoms with van der Waals surface area (Å²) in [7, 11) is 0. The van der Waals surface area contributed by atoms with Gasteiger partial charge in [0.2, 0.25) is 5.91 Å². The van der Waals surface area contributed by atoms with E-state index < -0.39 is 12.6 Å². The molecule has 22 heavy (non-hydrogen) atoms. The van der Waals surface area contributed by atoms with E-state index in [9.17, 15) is 18.0 Å². The molecule has 0 aromatic carbocycles. The number of rotatable bonds is 5. The second kappa shape index (κ2) is 10.1. The summed E-state index contributed by atoms with van der Waals surface area (Å²) in [4.78, 5) is 16.9. The highest BCUT2D eigenvalue weighted by atomic mass is 127. The number of carbonyl (C=O) groups is 1. The van der Waals surface area contributed by atoms with Crippen molar-refractivity contribution in [2.45, 2.75) is 38.8 Å². The van der Waals surface area contributed by atoms with Crippen molar-refractivity contribution >= 4 is 35.8 Å². The van der Waals surface area contributed by atoms with Crippen LogP contribution in [0.1, 0.15) is 32.6 Å². The van der Waals surface area contributed by atoms with E-state index in [1.165, 1.54) is 0 Å². The highest BCUT2D eigenvalue weighted by molar-refractivity contribution is 14.0. The number of guanidine groups is 1. The van der Waals surface area contributed by atoms with E-state index in [1.54, 1.807) is 0 Å². The molecule has 3 N–H and O–H groups in total. The molecular formula is C13H24F3IN4O. The first-order chi connectivity index (χ1) is 9.81. The van der Waals surface area contributed by atoms with Crippen molar-refractivity contribution < 1.29 is 18.0 Å². The fourth-order valence-electron chi connectivity index (χ4n) is 2.42. The van der Waals surface area contributed by atoms with Gasteiger partial charge >= 0.3 is 6.18 Å². The Balaban J connectivity index is 0.00000441. The molecule has 0 saturated carbocycles. The molecule has 1 atom stereocenters. The third kappa shape index (κ3) is 8.64. The van der Waals surface area contributed by atoms with E-state index >= 15 is 0 Å². The number of hydrogen-bond acceptors (Lipinski definition) is 2. The second-order valence-electron chi connectivity index (χ2n) is 5.23. The van der Waals surface area contributed by atoms with Gasteiger partial charge in [-0.1, -0.05) is 0 Å². The van der Waals surface area contributed by atoms with E-state index in [2.05, 4.69) is 10.3 Å². The zero-order valence-electron chi connectivity index (χ0n) is 12.7. The van der Waals surface area contributed by atoms with Gasteiger partial charge in [-0.25, -0.2) is 0 Å². The molecule has 0 aromatic rings. The van der Waals surface area contributed by atoms with Gasteiger partial charge in [0, 0.05) is 26.1 Å². The molecule has 1 rings (SSSR count). The number of amides is 1.